The average molecular weight is 308 g/mol. The van der Waals surface area contributed by atoms with E-state index in [0.717, 1.165) is 16.8 Å². The summed E-state index contributed by atoms with van der Waals surface area (Å²) in [5.74, 6) is -0.184. The molecule has 2 amide bonds. The van der Waals surface area contributed by atoms with Crippen LogP contribution in [0.15, 0.2) is 48.5 Å². The predicted octanol–water partition coefficient (Wildman–Crippen LogP) is 3.28. The van der Waals surface area contributed by atoms with E-state index in [2.05, 4.69) is 5.32 Å². The molecule has 1 aliphatic rings. The summed E-state index contributed by atoms with van der Waals surface area (Å²) in [5.41, 5.74) is 3.90. The molecule has 0 saturated heterocycles. The van der Waals surface area contributed by atoms with Gasteiger partial charge in [-0.3, -0.25) is 9.59 Å². The Bertz CT molecular complexity index is 737. The van der Waals surface area contributed by atoms with Crippen molar-refractivity contribution in [2.24, 2.45) is 0 Å². The van der Waals surface area contributed by atoms with Gasteiger partial charge < -0.3 is 10.2 Å². The Labute approximate surface area is 136 Å². The molecule has 4 nitrogen and oxygen atoms in total. The lowest BCUT2D eigenvalue weighted by molar-refractivity contribution is -0.135. The van der Waals surface area contributed by atoms with Gasteiger partial charge in [0.2, 0.25) is 11.8 Å². The van der Waals surface area contributed by atoms with E-state index < -0.39 is 0 Å². The van der Waals surface area contributed by atoms with Crippen LogP contribution in [0.2, 0.25) is 0 Å². The van der Waals surface area contributed by atoms with Crippen LogP contribution in [-0.2, 0) is 9.59 Å². The number of aryl methyl sites for hydroxylation is 1. The molecule has 0 saturated carbocycles. The first-order valence-corrected chi connectivity index (χ1v) is 7.85. The van der Waals surface area contributed by atoms with E-state index in [4.69, 9.17) is 0 Å². The van der Waals surface area contributed by atoms with Crippen LogP contribution in [-0.4, -0.2) is 23.3 Å². The molecule has 4 heteroatoms. The van der Waals surface area contributed by atoms with Crippen molar-refractivity contribution in [3.63, 3.8) is 0 Å². The maximum Gasteiger partial charge on any atom is 0.244 e. The summed E-state index contributed by atoms with van der Waals surface area (Å²) in [6.45, 7) is 3.92. The third-order valence-electron chi connectivity index (χ3n) is 4.17. The summed E-state index contributed by atoms with van der Waals surface area (Å²) in [6.07, 6.45) is 0.373. The van der Waals surface area contributed by atoms with Crippen LogP contribution >= 0.6 is 0 Å². The Morgan fingerprint density at radius 3 is 2.57 bits per heavy atom. The molecule has 0 bridgehead atoms. The predicted molar refractivity (Wildman–Crippen MR) is 90.1 cm³/mol. The number of rotatable bonds is 2. The van der Waals surface area contributed by atoms with Gasteiger partial charge in [-0.25, -0.2) is 0 Å². The molecular weight excluding hydrogens is 288 g/mol. The fourth-order valence-electron chi connectivity index (χ4n) is 3.00. The first kappa shape index (κ1) is 15.3. The van der Waals surface area contributed by atoms with Gasteiger partial charge in [0.05, 0.1) is 6.04 Å². The minimum absolute atomic E-state index is 0.0255. The second-order valence-corrected chi connectivity index (χ2v) is 5.82. The highest BCUT2D eigenvalue weighted by molar-refractivity contribution is 5.97. The van der Waals surface area contributed by atoms with E-state index in [1.807, 2.05) is 62.4 Å². The Kier molecular flexibility index (Phi) is 4.15. The summed E-state index contributed by atoms with van der Waals surface area (Å²) in [5, 5.41) is 2.91. The zero-order valence-electron chi connectivity index (χ0n) is 13.4. The highest BCUT2D eigenvalue weighted by atomic mass is 16.2. The molecule has 2 aromatic carbocycles. The maximum absolute atomic E-state index is 12.5. The lowest BCUT2D eigenvalue weighted by atomic mass is 9.95. The third kappa shape index (κ3) is 2.97. The van der Waals surface area contributed by atoms with Crippen molar-refractivity contribution in [2.45, 2.75) is 26.3 Å². The Morgan fingerprint density at radius 2 is 1.87 bits per heavy atom. The maximum atomic E-state index is 12.5. The molecule has 2 aromatic rings. The van der Waals surface area contributed by atoms with Crippen LogP contribution in [0.25, 0.3) is 0 Å². The van der Waals surface area contributed by atoms with Crippen molar-refractivity contribution < 1.29 is 9.59 Å². The molecule has 0 aliphatic carbocycles. The van der Waals surface area contributed by atoms with Gasteiger partial charge in [-0.2, -0.15) is 0 Å². The molecule has 0 unspecified atom stereocenters. The largest absolute Gasteiger partial charge is 0.324 e. The van der Waals surface area contributed by atoms with E-state index in [-0.39, 0.29) is 24.4 Å². The van der Waals surface area contributed by atoms with E-state index in [1.54, 1.807) is 4.90 Å². The average Bonchev–Trinajstić information content (AvgIpc) is 2.71. The van der Waals surface area contributed by atoms with Crippen LogP contribution in [0.5, 0.6) is 0 Å². The van der Waals surface area contributed by atoms with Crippen molar-refractivity contribution in [1.82, 2.24) is 4.90 Å². The first-order valence-electron chi connectivity index (χ1n) is 7.85. The number of nitrogens with zero attached hydrogens (tertiary/aromatic N) is 1. The van der Waals surface area contributed by atoms with Crippen LogP contribution in [0.4, 0.5) is 5.69 Å². The van der Waals surface area contributed by atoms with Gasteiger partial charge in [0, 0.05) is 17.7 Å². The monoisotopic (exact) mass is 308 g/mol. The summed E-state index contributed by atoms with van der Waals surface area (Å²) in [6, 6.07) is 15.6. The number of anilines is 1. The molecule has 0 spiro atoms. The van der Waals surface area contributed by atoms with Gasteiger partial charge in [0.25, 0.3) is 0 Å². The minimum Gasteiger partial charge on any atom is -0.324 e. The van der Waals surface area contributed by atoms with Gasteiger partial charge >= 0.3 is 0 Å². The number of amides is 2. The molecule has 118 valence electrons. The van der Waals surface area contributed by atoms with Crippen molar-refractivity contribution in [3.8, 4) is 0 Å². The number of nitrogens with one attached hydrogen (secondary N) is 1. The number of carbonyl (C=O) groups excluding carboxylic acids is 2. The Hall–Kier alpha value is -2.62. The van der Waals surface area contributed by atoms with Crippen molar-refractivity contribution >= 4 is 17.5 Å². The van der Waals surface area contributed by atoms with E-state index in [9.17, 15) is 9.59 Å². The number of hydrogen-bond donors (Lipinski definition) is 1. The van der Waals surface area contributed by atoms with E-state index in [1.165, 1.54) is 5.56 Å². The first-order chi connectivity index (χ1) is 11.1. The topological polar surface area (TPSA) is 49.4 Å². The fourth-order valence-corrected chi connectivity index (χ4v) is 3.00. The molecule has 1 aliphatic heterocycles. The number of carbonyl (C=O) groups is 2. The van der Waals surface area contributed by atoms with Gasteiger partial charge in [-0.15, -0.1) is 0 Å². The number of para-hydroxylation sites is 1. The molecule has 1 atom stereocenters. The number of fused-ring (bicyclic) bond motifs is 1. The molecule has 0 fully saturated rings. The van der Waals surface area contributed by atoms with Gasteiger partial charge in [0.1, 0.15) is 6.54 Å². The minimum atomic E-state index is -0.252. The zero-order valence-corrected chi connectivity index (χ0v) is 13.4. The zero-order chi connectivity index (χ0) is 16.4. The van der Waals surface area contributed by atoms with Crippen LogP contribution in [0.1, 0.15) is 36.1 Å². The van der Waals surface area contributed by atoms with E-state index in [0.29, 0.717) is 6.42 Å². The molecule has 0 radical (unpaired) electrons. The summed E-state index contributed by atoms with van der Waals surface area (Å²) < 4.78 is 0. The summed E-state index contributed by atoms with van der Waals surface area (Å²) >= 11 is 0. The van der Waals surface area contributed by atoms with E-state index >= 15 is 0 Å². The second kappa shape index (κ2) is 6.24. The molecule has 1 N–H and O–H groups in total. The smallest absolute Gasteiger partial charge is 0.244 e. The van der Waals surface area contributed by atoms with Crippen LogP contribution < -0.4 is 5.32 Å². The SMILES string of the molecule is CCC(=O)N1CC(=O)Nc2ccccc2[C@@H]1c1ccc(C)cc1. The number of hydrogen-bond acceptors (Lipinski definition) is 2. The molecule has 23 heavy (non-hydrogen) atoms. The standard InChI is InChI=1S/C19H20N2O2/c1-3-18(23)21-12-17(22)20-16-7-5-4-6-15(16)19(21)14-10-8-13(2)9-11-14/h4-11,19H,3,12H2,1-2H3,(H,20,22)/t19-/m0/s1. The van der Waals surface area contributed by atoms with Crippen LogP contribution in [0.3, 0.4) is 0 Å². The van der Waals surface area contributed by atoms with Crippen LogP contribution in [0, 0.1) is 6.92 Å². The highest BCUT2D eigenvalue weighted by Gasteiger charge is 2.32. The summed E-state index contributed by atoms with van der Waals surface area (Å²) in [7, 11) is 0. The van der Waals surface area contributed by atoms with Gasteiger partial charge in [-0.1, -0.05) is 55.0 Å². The highest BCUT2D eigenvalue weighted by Crippen LogP contribution is 2.35. The van der Waals surface area contributed by atoms with Gasteiger partial charge in [-0.05, 0) is 18.6 Å². The molecule has 3 rings (SSSR count). The number of benzene rings is 2. The normalized spacial score (nSPS) is 17.2. The molecule has 1 heterocycles. The van der Waals surface area contributed by atoms with Crippen molar-refractivity contribution in [1.29, 1.82) is 0 Å². The Morgan fingerprint density at radius 1 is 1.17 bits per heavy atom. The molecular formula is C19H20N2O2. The summed E-state index contributed by atoms with van der Waals surface area (Å²) in [4.78, 5) is 26.3. The van der Waals surface area contributed by atoms with Crippen molar-refractivity contribution in [3.05, 3.63) is 65.2 Å². The third-order valence-corrected chi connectivity index (χ3v) is 4.17. The Balaban J connectivity index is 2.17. The quantitative estimate of drug-likeness (QED) is 0.925. The lowest BCUT2D eigenvalue weighted by Crippen LogP contribution is -2.38. The second-order valence-electron chi connectivity index (χ2n) is 5.82. The van der Waals surface area contributed by atoms with Crippen molar-refractivity contribution in [2.75, 3.05) is 11.9 Å². The lowest BCUT2D eigenvalue weighted by Gasteiger charge is -2.30. The molecule has 0 aromatic heterocycles. The van der Waals surface area contributed by atoms with Gasteiger partial charge in [0.15, 0.2) is 0 Å². The fraction of sp³-hybridized carbons (Fsp3) is 0.263.